The smallest absolute Gasteiger partial charge is 0.171 e. The standard InChI is InChI=1S/C12H12N2O2/c1-15-9-4-2-8(3-5-9)12-10-6-13-7-11(10)14-16-12/h2-5,13H,6-7H2,1H3. The van der Waals surface area contributed by atoms with Gasteiger partial charge in [-0.2, -0.15) is 0 Å². The summed E-state index contributed by atoms with van der Waals surface area (Å²) in [6.45, 7) is 1.63. The molecule has 1 aromatic heterocycles. The van der Waals surface area contributed by atoms with Crippen molar-refractivity contribution in [2.75, 3.05) is 7.11 Å². The molecule has 1 aliphatic rings. The predicted molar refractivity (Wildman–Crippen MR) is 59.0 cm³/mol. The van der Waals surface area contributed by atoms with Crippen molar-refractivity contribution in [3.8, 4) is 17.1 Å². The minimum atomic E-state index is 0.801. The van der Waals surface area contributed by atoms with Crippen molar-refractivity contribution >= 4 is 0 Å². The van der Waals surface area contributed by atoms with Gasteiger partial charge in [-0.3, -0.25) is 0 Å². The summed E-state index contributed by atoms with van der Waals surface area (Å²) in [4.78, 5) is 0. The van der Waals surface area contributed by atoms with Crippen LogP contribution in [0.3, 0.4) is 0 Å². The summed E-state index contributed by atoms with van der Waals surface area (Å²) in [7, 11) is 1.66. The molecule has 0 radical (unpaired) electrons. The summed E-state index contributed by atoms with van der Waals surface area (Å²) in [6, 6.07) is 7.81. The Balaban J connectivity index is 2.01. The largest absolute Gasteiger partial charge is 0.497 e. The van der Waals surface area contributed by atoms with Crippen molar-refractivity contribution in [3.05, 3.63) is 35.5 Å². The maximum atomic E-state index is 5.37. The fourth-order valence-corrected chi connectivity index (χ4v) is 1.94. The van der Waals surface area contributed by atoms with Crippen molar-refractivity contribution in [1.29, 1.82) is 0 Å². The number of hydrogen-bond donors (Lipinski definition) is 1. The number of rotatable bonds is 2. The highest BCUT2D eigenvalue weighted by atomic mass is 16.5. The number of fused-ring (bicyclic) bond motifs is 1. The molecule has 1 N–H and O–H groups in total. The fraction of sp³-hybridized carbons (Fsp3) is 0.250. The van der Waals surface area contributed by atoms with E-state index in [1.807, 2.05) is 24.3 Å². The lowest BCUT2D eigenvalue weighted by atomic mass is 10.1. The number of ether oxygens (including phenoxy) is 1. The van der Waals surface area contributed by atoms with E-state index in [0.717, 1.165) is 35.9 Å². The number of aromatic nitrogens is 1. The second kappa shape index (κ2) is 3.64. The maximum Gasteiger partial charge on any atom is 0.171 e. The zero-order valence-corrected chi connectivity index (χ0v) is 8.99. The first-order chi connectivity index (χ1) is 7.88. The first-order valence-electron chi connectivity index (χ1n) is 5.21. The molecule has 3 rings (SSSR count). The van der Waals surface area contributed by atoms with Crippen molar-refractivity contribution in [3.63, 3.8) is 0 Å². The third kappa shape index (κ3) is 1.39. The Hall–Kier alpha value is -1.81. The van der Waals surface area contributed by atoms with Gasteiger partial charge in [0, 0.05) is 24.2 Å². The summed E-state index contributed by atoms with van der Waals surface area (Å²) in [5.74, 6) is 1.71. The van der Waals surface area contributed by atoms with Crippen molar-refractivity contribution in [1.82, 2.24) is 10.5 Å². The van der Waals surface area contributed by atoms with E-state index in [4.69, 9.17) is 9.26 Å². The second-order valence-electron chi connectivity index (χ2n) is 3.77. The lowest BCUT2D eigenvalue weighted by Gasteiger charge is -2.01. The zero-order chi connectivity index (χ0) is 11.0. The monoisotopic (exact) mass is 216 g/mol. The van der Waals surface area contributed by atoms with Crippen LogP contribution in [0.5, 0.6) is 5.75 Å². The van der Waals surface area contributed by atoms with E-state index in [-0.39, 0.29) is 0 Å². The van der Waals surface area contributed by atoms with Gasteiger partial charge in [-0.05, 0) is 24.3 Å². The molecule has 1 aromatic carbocycles. The lowest BCUT2D eigenvalue weighted by molar-refractivity contribution is 0.413. The van der Waals surface area contributed by atoms with E-state index < -0.39 is 0 Å². The Kier molecular flexibility index (Phi) is 2.15. The van der Waals surface area contributed by atoms with Crippen LogP contribution in [-0.2, 0) is 13.1 Å². The predicted octanol–water partition coefficient (Wildman–Crippen LogP) is 1.95. The van der Waals surface area contributed by atoms with Crippen LogP contribution in [-0.4, -0.2) is 12.3 Å². The molecule has 0 saturated heterocycles. The van der Waals surface area contributed by atoms with Crippen LogP contribution < -0.4 is 10.1 Å². The highest BCUT2D eigenvalue weighted by Crippen LogP contribution is 2.29. The molecule has 4 heteroatoms. The van der Waals surface area contributed by atoms with Gasteiger partial charge in [-0.1, -0.05) is 5.16 Å². The fourth-order valence-electron chi connectivity index (χ4n) is 1.94. The number of benzene rings is 1. The molecule has 0 atom stereocenters. The molecule has 0 unspecified atom stereocenters. The van der Waals surface area contributed by atoms with Gasteiger partial charge >= 0.3 is 0 Å². The van der Waals surface area contributed by atoms with E-state index in [0.29, 0.717) is 0 Å². The van der Waals surface area contributed by atoms with Crippen LogP contribution in [0.4, 0.5) is 0 Å². The van der Waals surface area contributed by atoms with Crippen LogP contribution in [0, 0.1) is 0 Å². The summed E-state index contributed by atoms with van der Waals surface area (Å²) in [5, 5.41) is 7.30. The van der Waals surface area contributed by atoms with Crippen LogP contribution >= 0.6 is 0 Å². The molecule has 2 heterocycles. The third-order valence-electron chi connectivity index (χ3n) is 2.82. The van der Waals surface area contributed by atoms with E-state index >= 15 is 0 Å². The minimum absolute atomic E-state index is 0.801. The molecule has 82 valence electrons. The van der Waals surface area contributed by atoms with Gasteiger partial charge in [-0.15, -0.1) is 0 Å². The summed E-state index contributed by atoms with van der Waals surface area (Å²) >= 11 is 0. The first-order valence-corrected chi connectivity index (χ1v) is 5.21. The first kappa shape index (κ1) is 9.42. The Morgan fingerprint density at radius 1 is 1.25 bits per heavy atom. The molecule has 0 fully saturated rings. The summed E-state index contributed by atoms with van der Waals surface area (Å²) in [5.41, 5.74) is 3.23. The molecule has 0 bridgehead atoms. The van der Waals surface area contributed by atoms with Crippen LogP contribution in [0.2, 0.25) is 0 Å². The lowest BCUT2D eigenvalue weighted by Crippen LogP contribution is -2.01. The molecule has 0 saturated carbocycles. The van der Waals surface area contributed by atoms with E-state index in [2.05, 4.69) is 10.5 Å². The van der Waals surface area contributed by atoms with Crippen molar-refractivity contribution in [2.24, 2.45) is 0 Å². The molecule has 0 amide bonds. The van der Waals surface area contributed by atoms with Gasteiger partial charge < -0.3 is 14.6 Å². The van der Waals surface area contributed by atoms with E-state index in [9.17, 15) is 0 Å². The number of hydrogen-bond acceptors (Lipinski definition) is 4. The highest BCUT2D eigenvalue weighted by Gasteiger charge is 2.21. The SMILES string of the molecule is COc1ccc(-c2onc3c2CNC3)cc1. The van der Waals surface area contributed by atoms with Crippen LogP contribution in [0.1, 0.15) is 11.3 Å². The zero-order valence-electron chi connectivity index (χ0n) is 8.99. The molecular formula is C12H12N2O2. The van der Waals surface area contributed by atoms with Gasteiger partial charge in [0.25, 0.3) is 0 Å². The van der Waals surface area contributed by atoms with Gasteiger partial charge in [0.05, 0.1) is 7.11 Å². The maximum absolute atomic E-state index is 5.37. The highest BCUT2D eigenvalue weighted by molar-refractivity contribution is 5.63. The Morgan fingerprint density at radius 3 is 2.81 bits per heavy atom. The van der Waals surface area contributed by atoms with Crippen molar-refractivity contribution < 1.29 is 9.26 Å². The number of methoxy groups -OCH3 is 1. The normalized spacial score (nSPS) is 13.8. The minimum Gasteiger partial charge on any atom is -0.497 e. The molecule has 0 spiro atoms. The number of nitrogens with one attached hydrogen (secondary N) is 1. The van der Waals surface area contributed by atoms with Crippen molar-refractivity contribution in [2.45, 2.75) is 13.1 Å². The summed E-state index contributed by atoms with van der Waals surface area (Å²) in [6.07, 6.45) is 0. The van der Waals surface area contributed by atoms with Gasteiger partial charge in [-0.25, -0.2) is 0 Å². The van der Waals surface area contributed by atoms with Gasteiger partial charge in [0.15, 0.2) is 5.76 Å². The molecule has 2 aromatic rings. The van der Waals surface area contributed by atoms with Gasteiger partial charge in [0.1, 0.15) is 11.4 Å². The van der Waals surface area contributed by atoms with Gasteiger partial charge in [0.2, 0.25) is 0 Å². The average molecular weight is 216 g/mol. The topological polar surface area (TPSA) is 47.3 Å². The quantitative estimate of drug-likeness (QED) is 0.833. The Bertz CT molecular complexity index is 502. The average Bonchev–Trinajstić information content (AvgIpc) is 2.91. The Morgan fingerprint density at radius 2 is 2.06 bits per heavy atom. The van der Waals surface area contributed by atoms with Crippen LogP contribution in [0.25, 0.3) is 11.3 Å². The van der Waals surface area contributed by atoms with E-state index in [1.165, 1.54) is 5.56 Å². The second-order valence-corrected chi connectivity index (χ2v) is 3.77. The summed E-state index contributed by atoms with van der Waals surface area (Å²) < 4.78 is 10.5. The third-order valence-corrected chi connectivity index (χ3v) is 2.82. The molecule has 1 aliphatic heterocycles. The molecule has 16 heavy (non-hydrogen) atoms. The van der Waals surface area contributed by atoms with E-state index in [1.54, 1.807) is 7.11 Å². The molecular weight excluding hydrogens is 204 g/mol. The Labute approximate surface area is 93.2 Å². The number of nitrogens with zero attached hydrogens (tertiary/aromatic N) is 1. The molecule has 0 aliphatic carbocycles. The van der Waals surface area contributed by atoms with Crippen LogP contribution in [0.15, 0.2) is 28.8 Å². The molecule has 4 nitrogen and oxygen atoms in total.